The monoisotopic (exact) mass is 642 g/mol. The molecule has 0 radical (unpaired) electrons. The van der Waals surface area contributed by atoms with E-state index in [9.17, 15) is 9.59 Å². The topological polar surface area (TPSA) is 130 Å². The van der Waals surface area contributed by atoms with Crippen LogP contribution in [-0.2, 0) is 19.1 Å². The summed E-state index contributed by atoms with van der Waals surface area (Å²) in [5.74, 6) is 1.19. The molecule has 2 N–H and O–H groups in total. The van der Waals surface area contributed by atoms with Crippen molar-refractivity contribution in [1.82, 2.24) is 0 Å². The Hall–Kier alpha value is -4.02. The summed E-state index contributed by atoms with van der Waals surface area (Å²) < 4.78 is 34.8. The zero-order valence-corrected chi connectivity index (χ0v) is 27.7. The van der Waals surface area contributed by atoms with Gasteiger partial charge < -0.3 is 38.6 Å². The number of ether oxygens (including phenoxy) is 6. The van der Waals surface area contributed by atoms with Crippen molar-refractivity contribution in [3.05, 3.63) is 52.6 Å². The summed E-state index contributed by atoms with van der Waals surface area (Å²) in [6.07, 6.45) is 12.3. The lowest BCUT2D eigenvalue weighted by atomic mass is 10.0. The molecule has 0 aliphatic rings. The maximum atomic E-state index is 10.8. The van der Waals surface area contributed by atoms with Crippen LogP contribution in [0.15, 0.2) is 30.3 Å². The number of unbranched alkanes of at least 4 members (excludes halogenated alkanes) is 4. The van der Waals surface area contributed by atoms with Crippen LogP contribution < -0.4 is 18.9 Å². The van der Waals surface area contributed by atoms with E-state index in [2.05, 4.69) is 0 Å². The van der Waals surface area contributed by atoms with Crippen molar-refractivity contribution in [1.29, 1.82) is 0 Å². The minimum atomic E-state index is -0.794. The molecule has 0 heterocycles. The minimum Gasteiger partial charge on any atom is -0.493 e. The van der Waals surface area contributed by atoms with Gasteiger partial charge in [0.2, 0.25) is 0 Å². The van der Waals surface area contributed by atoms with Crippen molar-refractivity contribution >= 4 is 30.2 Å². The van der Waals surface area contributed by atoms with Gasteiger partial charge in [-0.2, -0.15) is 0 Å². The number of aryl methyl sites for hydroxylation is 1. The van der Waals surface area contributed by atoms with Crippen molar-refractivity contribution in [2.24, 2.45) is 0 Å². The molecular weight excluding hydrogens is 592 g/mol. The zero-order valence-electron chi connectivity index (χ0n) is 27.7. The molecule has 0 bridgehead atoms. The Kier molecular flexibility index (Phi) is 18.7. The van der Waals surface area contributed by atoms with Gasteiger partial charge in [-0.1, -0.05) is 24.3 Å². The van der Waals surface area contributed by atoms with Crippen LogP contribution in [0.25, 0.3) is 18.2 Å². The summed E-state index contributed by atoms with van der Waals surface area (Å²) in [6, 6.07) is 7.77. The van der Waals surface area contributed by atoms with Crippen LogP contribution in [0.2, 0.25) is 0 Å². The van der Waals surface area contributed by atoms with Gasteiger partial charge in [0.25, 0.3) is 0 Å². The number of benzene rings is 2. The van der Waals surface area contributed by atoms with Crippen LogP contribution in [-0.4, -0.2) is 76.0 Å². The highest BCUT2D eigenvalue weighted by Gasteiger charge is 2.13. The second-order valence-corrected chi connectivity index (χ2v) is 10.7. The molecule has 254 valence electrons. The number of allylic oxidation sites excluding steroid dienone is 1. The summed E-state index contributed by atoms with van der Waals surface area (Å²) >= 11 is 0. The van der Waals surface area contributed by atoms with Crippen LogP contribution in [0.1, 0.15) is 80.5 Å². The molecule has 0 amide bonds. The Morgan fingerprint density at radius 1 is 0.565 bits per heavy atom. The lowest BCUT2D eigenvalue weighted by molar-refractivity contribution is -0.138. The Balaban J connectivity index is 2.39. The Bertz CT molecular complexity index is 1270. The van der Waals surface area contributed by atoms with Crippen LogP contribution in [0, 0.1) is 6.92 Å². The smallest absolute Gasteiger partial charge is 0.303 e. The maximum absolute atomic E-state index is 10.8. The van der Waals surface area contributed by atoms with E-state index in [1.807, 2.05) is 62.4 Å². The third-order valence-corrected chi connectivity index (χ3v) is 6.91. The fourth-order valence-corrected chi connectivity index (χ4v) is 4.49. The molecule has 10 heteroatoms. The highest BCUT2D eigenvalue weighted by Crippen LogP contribution is 2.34. The van der Waals surface area contributed by atoms with Crippen molar-refractivity contribution in [2.75, 3.05) is 53.9 Å². The molecule has 0 spiro atoms. The number of hydrogen-bond donors (Lipinski definition) is 2. The third kappa shape index (κ3) is 14.8. The van der Waals surface area contributed by atoms with Crippen LogP contribution in [0.4, 0.5) is 0 Å². The third-order valence-electron chi connectivity index (χ3n) is 6.91. The first-order chi connectivity index (χ1) is 22.3. The number of rotatable bonds is 25. The quantitative estimate of drug-likeness (QED) is 0.0841. The van der Waals surface area contributed by atoms with Gasteiger partial charge >= 0.3 is 11.9 Å². The normalized spacial score (nSPS) is 11.3. The first kappa shape index (κ1) is 38.2. The maximum Gasteiger partial charge on any atom is 0.303 e. The van der Waals surface area contributed by atoms with Gasteiger partial charge in [-0.25, -0.2) is 0 Å². The average molecular weight is 643 g/mol. The van der Waals surface area contributed by atoms with Crippen LogP contribution in [0.5, 0.6) is 23.0 Å². The molecule has 0 saturated carbocycles. The molecule has 2 rings (SSSR count). The van der Waals surface area contributed by atoms with E-state index in [0.29, 0.717) is 69.7 Å². The zero-order chi connectivity index (χ0) is 33.6. The highest BCUT2D eigenvalue weighted by atomic mass is 16.5. The fourth-order valence-electron chi connectivity index (χ4n) is 4.49. The molecule has 0 atom stereocenters. The molecule has 10 nitrogen and oxygen atoms in total. The number of carboxylic acid groups (broad SMARTS) is 2. The van der Waals surface area contributed by atoms with E-state index < -0.39 is 11.9 Å². The summed E-state index contributed by atoms with van der Waals surface area (Å²) in [5, 5.41) is 17.8. The van der Waals surface area contributed by atoms with E-state index in [0.717, 1.165) is 53.7 Å². The molecule has 0 fully saturated rings. The van der Waals surface area contributed by atoms with Crippen molar-refractivity contribution in [3.63, 3.8) is 0 Å². The van der Waals surface area contributed by atoms with E-state index in [1.165, 1.54) is 0 Å². The summed E-state index contributed by atoms with van der Waals surface area (Å²) in [4.78, 5) is 21.6. The lowest BCUT2D eigenvalue weighted by Gasteiger charge is -2.16. The molecule has 2 aromatic rings. The van der Waals surface area contributed by atoms with Crippen molar-refractivity contribution in [2.45, 2.75) is 65.2 Å². The fraction of sp³-hybridized carbons (Fsp3) is 0.500. The van der Waals surface area contributed by atoms with Gasteiger partial charge in [-0.15, -0.1) is 0 Å². The molecular formula is C36H50O10. The van der Waals surface area contributed by atoms with E-state index in [-0.39, 0.29) is 12.8 Å². The van der Waals surface area contributed by atoms with E-state index >= 15 is 0 Å². The Morgan fingerprint density at radius 3 is 1.43 bits per heavy atom. The number of carboxylic acids is 2. The first-order valence-corrected chi connectivity index (χ1v) is 15.8. The average Bonchev–Trinajstić information content (AvgIpc) is 3.02. The second kappa shape index (κ2) is 22.5. The molecule has 0 saturated heterocycles. The van der Waals surface area contributed by atoms with Gasteiger partial charge in [0, 0.05) is 43.8 Å². The van der Waals surface area contributed by atoms with Crippen LogP contribution >= 0.6 is 0 Å². The molecule has 0 aliphatic heterocycles. The Morgan fingerprint density at radius 2 is 0.978 bits per heavy atom. The van der Waals surface area contributed by atoms with Gasteiger partial charge in [0.1, 0.15) is 36.2 Å². The number of aliphatic carboxylic acids is 2. The Labute approximate surface area is 272 Å². The predicted octanol–water partition coefficient (Wildman–Crippen LogP) is 7.30. The molecule has 2 aromatic carbocycles. The summed E-state index contributed by atoms with van der Waals surface area (Å²) in [6.45, 7) is 6.49. The van der Waals surface area contributed by atoms with E-state index in [1.54, 1.807) is 14.2 Å². The number of methoxy groups -OCH3 is 2. The van der Waals surface area contributed by atoms with Gasteiger partial charge in [0.05, 0.1) is 26.4 Å². The minimum absolute atomic E-state index is 0.147. The highest BCUT2D eigenvalue weighted by molar-refractivity contribution is 5.78. The number of carbonyl (C=O) groups is 2. The van der Waals surface area contributed by atoms with Crippen molar-refractivity contribution < 1.29 is 48.2 Å². The molecule has 0 aromatic heterocycles. The summed E-state index contributed by atoms with van der Waals surface area (Å²) in [5.41, 5.74) is 3.40. The standard InChI is InChI=1S/C36H50O10/c1-5-12-28-25-34(46-22-20-42-4)30(26-33(28)45-21-19-41-3)16-15-29-24-31(43-17-10-6-8-13-35(37)38)27(2)23-32(29)44-18-11-7-9-14-36(39)40/h5,12,15-16,23-26H,6-11,13-14,17-22H2,1-4H3,(H,37,38)(H,39,40)/b12-5+,16-15+. The van der Waals surface area contributed by atoms with Gasteiger partial charge in [-0.05, 0) is 82.2 Å². The lowest BCUT2D eigenvalue weighted by Crippen LogP contribution is -2.08. The molecule has 46 heavy (non-hydrogen) atoms. The first-order valence-electron chi connectivity index (χ1n) is 15.8. The second-order valence-electron chi connectivity index (χ2n) is 10.7. The van der Waals surface area contributed by atoms with Gasteiger partial charge in [0.15, 0.2) is 0 Å². The molecule has 0 aliphatic carbocycles. The molecule has 0 unspecified atom stereocenters. The number of hydrogen-bond acceptors (Lipinski definition) is 8. The SMILES string of the molecule is C/C=C/c1cc(OCCOC)c(/C=C/c2cc(OCCCCCC(=O)O)c(C)cc2OCCCCCC(=O)O)cc1OCCOC. The predicted molar refractivity (Wildman–Crippen MR) is 179 cm³/mol. The van der Waals surface area contributed by atoms with E-state index in [4.69, 9.17) is 38.6 Å². The van der Waals surface area contributed by atoms with Crippen molar-refractivity contribution in [3.8, 4) is 23.0 Å². The van der Waals surface area contributed by atoms with Crippen LogP contribution in [0.3, 0.4) is 0 Å². The largest absolute Gasteiger partial charge is 0.493 e. The van der Waals surface area contributed by atoms with Gasteiger partial charge in [-0.3, -0.25) is 9.59 Å². The summed E-state index contributed by atoms with van der Waals surface area (Å²) in [7, 11) is 3.26.